The highest BCUT2D eigenvalue weighted by Gasteiger charge is 2.12. The molecule has 1 fully saturated rings. The van der Waals surface area contributed by atoms with Gasteiger partial charge in [0, 0.05) is 17.2 Å². The van der Waals surface area contributed by atoms with Crippen LogP contribution in [0.15, 0.2) is 65.6 Å². The van der Waals surface area contributed by atoms with Crippen molar-refractivity contribution in [2.24, 2.45) is 0 Å². The van der Waals surface area contributed by atoms with Crippen LogP contribution < -0.4 is 0 Å². The van der Waals surface area contributed by atoms with E-state index in [0.29, 0.717) is 13.1 Å². The van der Waals surface area contributed by atoms with Gasteiger partial charge in [0.15, 0.2) is 0 Å². The molecule has 1 atom stereocenters. The van der Waals surface area contributed by atoms with Crippen molar-refractivity contribution in [1.29, 1.82) is 0 Å². The standard InChI is InChI=1S/C12H17NOS.C8H8O2/c14-15(12-6-2-1-3-7-12)11-10-13-8-4-5-9-13;9-7-10-6-8-4-2-1-3-5-8/h1-3,6-7H,4-5,8-11H2;1-5,7H,6H2. The van der Waals surface area contributed by atoms with E-state index in [4.69, 9.17) is 0 Å². The van der Waals surface area contributed by atoms with Gasteiger partial charge in [0.25, 0.3) is 6.47 Å². The minimum Gasteiger partial charge on any atom is -0.463 e. The third kappa shape index (κ3) is 7.63. The first-order valence-electron chi connectivity index (χ1n) is 8.54. The molecule has 1 unspecified atom stereocenters. The Kier molecular flexibility index (Phi) is 8.94. The highest BCUT2D eigenvalue weighted by molar-refractivity contribution is 7.85. The minimum absolute atomic E-state index is 0.365. The summed E-state index contributed by atoms with van der Waals surface area (Å²) < 4.78 is 16.4. The number of hydrogen-bond donors (Lipinski definition) is 0. The van der Waals surface area contributed by atoms with Gasteiger partial charge in [-0.1, -0.05) is 48.5 Å². The van der Waals surface area contributed by atoms with Crippen LogP contribution >= 0.6 is 0 Å². The molecule has 0 aromatic heterocycles. The summed E-state index contributed by atoms with van der Waals surface area (Å²) >= 11 is 0. The van der Waals surface area contributed by atoms with Gasteiger partial charge in [-0.15, -0.1) is 0 Å². The summed E-state index contributed by atoms with van der Waals surface area (Å²) in [6.07, 6.45) is 2.61. The molecule has 0 spiro atoms. The molecule has 1 aliphatic heterocycles. The molecular formula is C20H25NO3S. The number of rotatable bonds is 7. The van der Waals surface area contributed by atoms with Crippen LogP contribution in [0, 0.1) is 0 Å². The van der Waals surface area contributed by atoms with Gasteiger partial charge in [0.05, 0.1) is 10.8 Å². The van der Waals surface area contributed by atoms with E-state index in [-0.39, 0.29) is 0 Å². The van der Waals surface area contributed by atoms with E-state index in [9.17, 15) is 9.00 Å². The summed E-state index contributed by atoms with van der Waals surface area (Å²) in [6, 6.07) is 19.3. The molecule has 25 heavy (non-hydrogen) atoms. The predicted octanol–water partition coefficient (Wildman–Crippen LogP) is 3.25. The number of nitrogens with zero attached hydrogens (tertiary/aromatic N) is 1. The number of hydrogen-bond acceptors (Lipinski definition) is 4. The van der Waals surface area contributed by atoms with Crippen molar-refractivity contribution < 1.29 is 13.7 Å². The molecule has 1 aliphatic rings. The highest BCUT2D eigenvalue weighted by atomic mass is 32.2. The monoisotopic (exact) mass is 359 g/mol. The first-order chi connectivity index (χ1) is 12.3. The fraction of sp³-hybridized carbons (Fsp3) is 0.350. The lowest BCUT2D eigenvalue weighted by Crippen LogP contribution is -2.24. The van der Waals surface area contributed by atoms with Crippen LogP contribution in [0.4, 0.5) is 0 Å². The third-order valence-electron chi connectivity index (χ3n) is 3.96. The Balaban J connectivity index is 0.000000196. The maximum absolute atomic E-state index is 11.9. The topological polar surface area (TPSA) is 46.6 Å². The molecular weight excluding hydrogens is 334 g/mol. The SMILES string of the molecule is O=COCc1ccccc1.O=S(CCN1CCCC1)c1ccccc1. The van der Waals surface area contributed by atoms with Gasteiger partial charge in [-0.2, -0.15) is 0 Å². The van der Waals surface area contributed by atoms with Crippen LogP contribution in [0.25, 0.3) is 0 Å². The molecule has 2 aromatic carbocycles. The second-order valence-electron chi connectivity index (χ2n) is 5.80. The molecule has 0 radical (unpaired) electrons. The summed E-state index contributed by atoms with van der Waals surface area (Å²) in [4.78, 5) is 13.1. The molecule has 134 valence electrons. The average Bonchev–Trinajstić information content (AvgIpc) is 3.20. The average molecular weight is 359 g/mol. The van der Waals surface area contributed by atoms with Crippen LogP contribution in [0.5, 0.6) is 0 Å². The molecule has 0 amide bonds. The van der Waals surface area contributed by atoms with Crippen LogP contribution in [-0.2, 0) is 26.9 Å². The molecule has 3 rings (SSSR count). The quantitative estimate of drug-likeness (QED) is 0.712. The molecule has 0 aliphatic carbocycles. The van der Waals surface area contributed by atoms with E-state index in [1.165, 1.54) is 25.9 Å². The predicted molar refractivity (Wildman–Crippen MR) is 101 cm³/mol. The maximum Gasteiger partial charge on any atom is 0.293 e. The Morgan fingerprint density at radius 1 is 0.960 bits per heavy atom. The Labute approximate surface area is 152 Å². The van der Waals surface area contributed by atoms with Crippen molar-refractivity contribution in [2.45, 2.75) is 24.3 Å². The van der Waals surface area contributed by atoms with E-state index >= 15 is 0 Å². The van der Waals surface area contributed by atoms with E-state index in [1.807, 2.05) is 60.7 Å². The van der Waals surface area contributed by atoms with Gasteiger partial charge in [0.2, 0.25) is 0 Å². The van der Waals surface area contributed by atoms with Crippen molar-refractivity contribution in [1.82, 2.24) is 4.90 Å². The van der Waals surface area contributed by atoms with E-state index in [0.717, 1.165) is 22.8 Å². The van der Waals surface area contributed by atoms with E-state index < -0.39 is 10.8 Å². The normalized spacial score (nSPS) is 15.0. The molecule has 5 heteroatoms. The zero-order chi connectivity index (χ0) is 17.7. The van der Waals surface area contributed by atoms with Gasteiger partial charge < -0.3 is 9.64 Å². The summed E-state index contributed by atoms with van der Waals surface area (Å²) in [5.41, 5.74) is 1.01. The van der Waals surface area contributed by atoms with Crippen molar-refractivity contribution in [3.63, 3.8) is 0 Å². The lowest BCUT2D eigenvalue weighted by atomic mass is 10.2. The first-order valence-corrected chi connectivity index (χ1v) is 9.86. The van der Waals surface area contributed by atoms with E-state index in [2.05, 4.69) is 9.64 Å². The van der Waals surface area contributed by atoms with Crippen molar-refractivity contribution in [2.75, 3.05) is 25.4 Å². The Bertz CT molecular complexity index is 628. The lowest BCUT2D eigenvalue weighted by molar-refractivity contribution is -0.129. The molecule has 0 bridgehead atoms. The second-order valence-corrected chi connectivity index (χ2v) is 7.37. The summed E-state index contributed by atoms with van der Waals surface area (Å²) in [5, 5.41) is 0. The lowest BCUT2D eigenvalue weighted by Gasteiger charge is -2.13. The number of benzene rings is 2. The van der Waals surface area contributed by atoms with Gasteiger partial charge >= 0.3 is 0 Å². The van der Waals surface area contributed by atoms with Crippen molar-refractivity contribution in [3.05, 3.63) is 66.2 Å². The molecule has 0 N–H and O–H groups in total. The van der Waals surface area contributed by atoms with Crippen LogP contribution in [-0.4, -0.2) is 41.0 Å². The summed E-state index contributed by atoms with van der Waals surface area (Å²) in [6.45, 7) is 4.16. The number of carbonyl (C=O) groups excluding carboxylic acids is 1. The first kappa shape index (κ1) is 19.3. The maximum atomic E-state index is 11.9. The largest absolute Gasteiger partial charge is 0.463 e. The van der Waals surface area contributed by atoms with Crippen LogP contribution in [0.1, 0.15) is 18.4 Å². The van der Waals surface area contributed by atoms with Crippen LogP contribution in [0.3, 0.4) is 0 Å². The number of carbonyl (C=O) groups is 1. The molecule has 1 heterocycles. The smallest absolute Gasteiger partial charge is 0.293 e. The Hall–Kier alpha value is -1.98. The zero-order valence-corrected chi connectivity index (χ0v) is 15.2. The molecule has 0 saturated carbocycles. The van der Waals surface area contributed by atoms with Gasteiger partial charge in [-0.3, -0.25) is 9.00 Å². The minimum atomic E-state index is -0.821. The number of ether oxygens (including phenoxy) is 1. The molecule has 4 nitrogen and oxygen atoms in total. The van der Waals surface area contributed by atoms with Crippen molar-refractivity contribution >= 4 is 17.3 Å². The Morgan fingerprint density at radius 2 is 1.56 bits per heavy atom. The third-order valence-corrected chi connectivity index (χ3v) is 5.31. The molecule has 2 aromatic rings. The van der Waals surface area contributed by atoms with Crippen LogP contribution in [0.2, 0.25) is 0 Å². The van der Waals surface area contributed by atoms with Gasteiger partial charge in [0.1, 0.15) is 6.61 Å². The molecule has 1 saturated heterocycles. The second kappa shape index (κ2) is 11.6. The van der Waals surface area contributed by atoms with Gasteiger partial charge in [-0.05, 0) is 43.6 Å². The summed E-state index contributed by atoms with van der Waals surface area (Å²) in [5.74, 6) is 0.768. The highest BCUT2D eigenvalue weighted by Crippen LogP contribution is 2.09. The summed E-state index contributed by atoms with van der Waals surface area (Å²) in [7, 11) is -0.821. The van der Waals surface area contributed by atoms with E-state index in [1.54, 1.807) is 0 Å². The Morgan fingerprint density at radius 3 is 2.16 bits per heavy atom. The van der Waals surface area contributed by atoms with Crippen molar-refractivity contribution in [3.8, 4) is 0 Å². The fourth-order valence-corrected chi connectivity index (χ4v) is 3.73. The number of likely N-dealkylation sites (tertiary alicyclic amines) is 1. The van der Waals surface area contributed by atoms with Gasteiger partial charge in [-0.25, -0.2) is 0 Å². The fourth-order valence-electron chi connectivity index (χ4n) is 2.61. The zero-order valence-electron chi connectivity index (χ0n) is 14.4.